The summed E-state index contributed by atoms with van der Waals surface area (Å²) in [5, 5.41) is 9.82. The number of phosphoric ester groups is 1. The van der Waals surface area contributed by atoms with Crippen molar-refractivity contribution >= 4 is 13.8 Å². The first-order valence-electron chi connectivity index (χ1n) is 22.2. The Morgan fingerprint density at radius 1 is 0.661 bits per heavy atom. The van der Waals surface area contributed by atoms with Gasteiger partial charge >= 0.3 is 5.97 Å². The van der Waals surface area contributed by atoms with E-state index in [4.69, 9.17) is 18.5 Å². The molecule has 0 radical (unpaired) electrons. The molecule has 1 unspecified atom stereocenters. The van der Waals surface area contributed by atoms with E-state index in [9.17, 15) is 19.4 Å². The van der Waals surface area contributed by atoms with Crippen LogP contribution < -0.4 is 4.89 Å². The van der Waals surface area contributed by atoms with Crippen LogP contribution in [0.15, 0.2) is 60.9 Å². The minimum absolute atomic E-state index is 0.0103. The van der Waals surface area contributed by atoms with E-state index < -0.39 is 13.9 Å². The molecule has 0 spiro atoms. The minimum atomic E-state index is -4.54. The lowest BCUT2D eigenvalue weighted by Crippen LogP contribution is -2.37. The Balaban J connectivity index is 4.41. The smallest absolute Gasteiger partial charge is 0.305 e. The fourth-order valence-electron chi connectivity index (χ4n) is 5.66. The van der Waals surface area contributed by atoms with Gasteiger partial charge in [0, 0.05) is 6.42 Å². The summed E-state index contributed by atoms with van der Waals surface area (Å²) in [5.41, 5.74) is 0. The van der Waals surface area contributed by atoms with E-state index in [2.05, 4.69) is 50.3 Å². The molecular formula is C46H84NO8P. The van der Waals surface area contributed by atoms with Crippen molar-refractivity contribution in [1.82, 2.24) is 0 Å². The predicted octanol–water partition coefficient (Wildman–Crippen LogP) is 11.6. The number of hydrogen-bond acceptors (Lipinski definition) is 8. The van der Waals surface area contributed by atoms with Gasteiger partial charge in [-0.05, 0) is 57.4 Å². The molecule has 0 aromatic carbocycles. The Morgan fingerprint density at radius 2 is 1.18 bits per heavy atom. The molecular weight excluding hydrogens is 725 g/mol. The molecule has 0 rings (SSSR count). The van der Waals surface area contributed by atoms with Gasteiger partial charge in [0.2, 0.25) is 0 Å². The van der Waals surface area contributed by atoms with Crippen molar-refractivity contribution in [1.29, 1.82) is 0 Å². The molecule has 0 aromatic rings. The Labute approximate surface area is 343 Å². The summed E-state index contributed by atoms with van der Waals surface area (Å²) in [7, 11) is 1.30. The lowest BCUT2D eigenvalue weighted by atomic mass is 10.0. The van der Waals surface area contributed by atoms with Gasteiger partial charge in [0.15, 0.2) is 6.10 Å². The third kappa shape index (κ3) is 41.6. The summed E-state index contributed by atoms with van der Waals surface area (Å²) in [6.45, 7) is 4.47. The van der Waals surface area contributed by atoms with Crippen molar-refractivity contribution in [3.05, 3.63) is 60.9 Å². The highest BCUT2D eigenvalue weighted by molar-refractivity contribution is 7.45. The molecule has 0 heterocycles. The first-order valence-corrected chi connectivity index (χ1v) is 23.6. The number of quaternary nitrogens is 1. The maximum absolute atomic E-state index is 12.5. The maximum atomic E-state index is 12.5. The van der Waals surface area contributed by atoms with Gasteiger partial charge in [-0.25, -0.2) is 0 Å². The van der Waals surface area contributed by atoms with Crippen LogP contribution in [0.1, 0.15) is 168 Å². The summed E-state index contributed by atoms with van der Waals surface area (Å²) in [4.78, 5) is 24.8. The predicted molar refractivity (Wildman–Crippen MR) is 232 cm³/mol. The molecule has 3 atom stereocenters. The van der Waals surface area contributed by atoms with E-state index in [1.165, 1.54) is 83.5 Å². The van der Waals surface area contributed by atoms with Gasteiger partial charge in [-0.2, -0.15) is 0 Å². The van der Waals surface area contributed by atoms with Crippen LogP contribution in [0.5, 0.6) is 0 Å². The van der Waals surface area contributed by atoms with E-state index in [1.54, 1.807) is 6.26 Å². The van der Waals surface area contributed by atoms with Gasteiger partial charge in [0.1, 0.15) is 19.8 Å². The van der Waals surface area contributed by atoms with E-state index in [1.807, 2.05) is 39.4 Å². The molecule has 0 bridgehead atoms. The van der Waals surface area contributed by atoms with Crippen molar-refractivity contribution < 1.29 is 42.4 Å². The van der Waals surface area contributed by atoms with Gasteiger partial charge in [-0.3, -0.25) is 9.36 Å². The summed E-state index contributed by atoms with van der Waals surface area (Å²) < 4.78 is 34.3. The van der Waals surface area contributed by atoms with Crippen molar-refractivity contribution in [2.45, 2.75) is 180 Å². The summed E-state index contributed by atoms with van der Waals surface area (Å²) in [5.74, 6) is -0.361. The van der Waals surface area contributed by atoms with Gasteiger partial charge in [0.05, 0.1) is 40.1 Å². The normalized spacial score (nSPS) is 14.8. The number of aliphatic hydroxyl groups is 1. The minimum Gasteiger partial charge on any atom is -0.756 e. The van der Waals surface area contributed by atoms with Gasteiger partial charge in [-0.15, -0.1) is 0 Å². The Morgan fingerprint density at radius 3 is 1.75 bits per heavy atom. The summed E-state index contributed by atoms with van der Waals surface area (Å²) in [6, 6.07) is 0. The van der Waals surface area contributed by atoms with Crippen molar-refractivity contribution in [3.8, 4) is 0 Å². The second kappa shape index (κ2) is 38.5. The molecule has 0 aliphatic carbocycles. The van der Waals surface area contributed by atoms with Gasteiger partial charge < -0.3 is 33.0 Å². The number of likely N-dealkylation sites (N-methyl/N-ethyl adjacent to an activating group) is 1. The van der Waals surface area contributed by atoms with Crippen LogP contribution in [-0.2, 0) is 27.9 Å². The molecule has 0 saturated heterocycles. The molecule has 56 heavy (non-hydrogen) atoms. The number of aliphatic hydroxyl groups excluding tert-OH is 1. The van der Waals surface area contributed by atoms with Crippen molar-refractivity contribution in [2.75, 3.05) is 47.5 Å². The average Bonchev–Trinajstić information content (AvgIpc) is 3.15. The first-order chi connectivity index (χ1) is 27.0. The van der Waals surface area contributed by atoms with E-state index in [0.717, 1.165) is 57.8 Å². The molecule has 0 aromatic heterocycles. The van der Waals surface area contributed by atoms with Crippen LogP contribution in [0.3, 0.4) is 0 Å². The largest absolute Gasteiger partial charge is 0.756 e. The molecule has 9 nitrogen and oxygen atoms in total. The number of carbonyl (C=O) groups excluding carboxylic acids is 1. The average molecular weight is 810 g/mol. The highest BCUT2D eigenvalue weighted by Gasteiger charge is 2.19. The summed E-state index contributed by atoms with van der Waals surface area (Å²) in [6.07, 6.45) is 45.3. The quantitative estimate of drug-likeness (QED) is 0.0162. The molecule has 326 valence electrons. The van der Waals surface area contributed by atoms with Crippen LogP contribution in [0.25, 0.3) is 0 Å². The lowest BCUT2D eigenvalue weighted by Gasteiger charge is -2.28. The molecule has 0 saturated carbocycles. The number of esters is 1. The van der Waals surface area contributed by atoms with Crippen LogP contribution in [0.4, 0.5) is 0 Å². The number of hydrogen-bond donors (Lipinski definition) is 1. The monoisotopic (exact) mass is 810 g/mol. The third-order valence-corrected chi connectivity index (χ3v) is 10.2. The SMILES string of the molecule is CCCCCCCCCCCCCCCC/C=C/O[C@H](COC(=O)CCC/C=C\C/C=C\C/C=C\C/C=C\[C@@H](O)CCCC)COP(=O)([O-])OCC[N+](C)(C)C. The number of nitrogens with zero attached hydrogens (tertiary/aromatic N) is 1. The van der Waals surface area contributed by atoms with Crippen molar-refractivity contribution in [2.24, 2.45) is 0 Å². The molecule has 0 aliphatic heterocycles. The van der Waals surface area contributed by atoms with Crippen LogP contribution in [0.2, 0.25) is 0 Å². The van der Waals surface area contributed by atoms with E-state index >= 15 is 0 Å². The van der Waals surface area contributed by atoms with Crippen LogP contribution in [0, 0.1) is 0 Å². The number of ether oxygens (including phenoxy) is 2. The zero-order chi connectivity index (χ0) is 41.4. The molecule has 0 aliphatic rings. The maximum Gasteiger partial charge on any atom is 0.305 e. The number of allylic oxidation sites excluding steroid dienone is 8. The fraction of sp³-hybridized carbons (Fsp3) is 0.761. The Bertz CT molecular complexity index is 1100. The zero-order valence-electron chi connectivity index (χ0n) is 36.4. The highest BCUT2D eigenvalue weighted by atomic mass is 31.2. The first kappa shape index (κ1) is 54.0. The second-order valence-corrected chi connectivity index (χ2v) is 17.3. The van der Waals surface area contributed by atoms with Gasteiger partial charge in [-0.1, -0.05) is 159 Å². The standard InChI is InChI=1S/C46H84NO8P/c1-6-8-10-11-12-13-14-15-16-17-20-23-26-29-32-35-40-52-45(43-55-56(50,51)54-41-39-47(3,4)5)42-53-46(49)38-34-31-28-25-22-19-18-21-24-27-30-33-37-44(48)36-9-7-2/h18-19,24-25,27-28,33,35,37,40,44-45,48H,6-17,20-23,26,29-32,34,36,38-39,41-43H2,1-5H3/b19-18-,27-24-,28-25-,37-33-,40-35+/t44-,45+/m0/s1. The third-order valence-electron chi connectivity index (χ3n) is 9.23. The Hall–Kier alpha value is -2.00. The van der Waals surface area contributed by atoms with E-state index in [0.29, 0.717) is 17.4 Å². The molecule has 10 heteroatoms. The zero-order valence-corrected chi connectivity index (χ0v) is 37.3. The number of unbranched alkanes of at least 4 members (excludes halogenated alkanes) is 16. The Kier molecular flexibility index (Phi) is 37.1. The molecule has 0 amide bonds. The number of carbonyl (C=O) groups is 1. The summed E-state index contributed by atoms with van der Waals surface area (Å²) >= 11 is 0. The fourth-order valence-corrected chi connectivity index (χ4v) is 6.39. The molecule has 1 N–H and O–H groups in total. The van der Waals surface area contributed by atoms with Gasteiger partial charge in [0.25, 0.3) is 7.82 Å². The van der Waals surface area contributed by atoms with E-state index in [-0.39, 0.29) is 38.3 Å². The van der Waals surface area contributed by atoms with Crippen LogP contribution >= 0.6 is 7.82 Å². The topological polar surface area (TPSA) is 114 Å². The number of phosphoric acid groups is 1. The highest BCUT2D eigenvalue weighted by Crippen LogP contribution is 2.38. The van der Waals surface area contributed by atoms with Crippen molar-refractivity contribution in [3.63, 3.8) is 0 Å². The molecule has 0 fully saturated rings. The van der Waals surface area contributed by atoms with Crippen LogP contribution in [-0.4, -0.2) is 75.3 Å². The number of rotatable bonds is 40. The lowest BCUT2D eigenvalue weighted by molar-refractivity contribution is -0.870. The second-order valence-electron chi connectivity index (χ2n) is 15.9.